The third kappa shape index (κ3) is 5.65. The summed E-state index contributed by atoms with van der Waals surface area (Å²) in [5.41, 5.74) is 2.00. The monoisotopic (exact) mass is 483 g/mol. The van der Waals surface area contributed by atoms with Crippen molar-refractivity contribution in [3.63, 3.8) is 0 Å². The highest BCUT2D eigenvalue weighted by Crippen LogP contribution is 2.16. The van der Waals surface area contributed by atoms with Gasteiger partial charge in [0.15, 0.2) is 5.96 Å². The van der Waals surface area contributed by atoms with Gasteiger partial charge in [-0.1, -0.05) is 6.07 Å². The third-order valence-corrected chi connectivity index (χ3v) is 4.24. The maximum atomic E-state index is 12.6. The summed E-state index contributed by atoms with van der Waals surface area (Å²) in [6, 6.07) is 3.98. The molecular weight excluding hydrogens is 457 g/mol. The number of pyridine rings is 1. The number of anilines is 1. The number of nitrogens with zero attached hydrogens (tertiary/aromatic N) is 6. The van der Waals surface area contributed by atoms with Crippen LogP contribution in [-0.2, 0) is 18.3 Å². The number of rotatable bonds is 5. The number of carbonyl (C=O) groups is 1. The van der Waals surface area contributed by atoms with Crippen molar-refractivity contribution in [1.29, 1.82) is 0 Å². The van der Waals surface area contributed by atoms with Crippen LogP contribution in [0.15, 0.2) is 41.9 Å². The fourth-order valence-corrected chi connectivity index (χ4v) is 2.94. The molecule has 2 aromatic heterocycles. The van der Waals surface area contributed by atoms with Gasteiger partial charge < -0.3 is 15.1 Å². The molecule has 1 aliphatic rings. The number of aliphatic imine (C=N–C) groups is 1. The van der Waals surface area contributed by atoms with E-state index in [0.29, 0.717) is 19.6 Å². The molecule has 0 spiro atoms. The van der Waals surface area contributed by atoms with Crippen molar-refractivity contribution in [1.82, 2.24) is 25.0 Å². The van der Waals surface area contributed by atoms with Crippen molar-refractivity contribution in [3.8, 4) is 0 Å². The number of hydrogen-bond acceptors (Lipinski definition) is 4. The summed E-state index contributed by atoms with van der Waals surface area (Å²) in [7, 11) is 1.85. The van der Waals surface area contributed by atoms with Crippen molar-refractivity contribution in [3.05, 3.63) is 42.5 Å². The second-order valence-corrected chi connectivity index (χ2v) is 6.19. The molecule has 146 valence electrons. The summed E-state index contributed by atoms with van der Waals surface area (Å²) in [6.45, 7) is 5.13. The molecule has 1 aliphatic heterocycles. The SMILES string of the molecule is CCNC(=NCCc1cccnc1)N1CCN(c2cnn(C)c2)C(=O)C1.I. The fourth-order valence-electron chi connectivity index (χ4n) is 2.94. The zero-order valence-corrected chi connectivity index (χ0v) is 18.0. The maximum Gasteiger partial charge on any atom is 0.246 e. The van der Waals surface area contributed by atoms with Gasteiger partial charge >= 0.3 is 0 Å². The summed E-state index contributed by atoms with van der Waals surface area (Å²) in [5, 5.41) is 7.44. The Morgan fingerprint density at radius 3 is 2.81 bits per heavy atom. The highest BCUT2D eigenvalue weighted by molar-refractivity contribution is 14.0. The number of hydrogen-bond donors (Lipinski definition) is 1. The van der Waals surface area contributed by atoms with E-state index in [1.54, 1.807) is 22.0 Å². The van der Waals surface area contributed by atoms with Crippen molar-refractivity contribution >= 4 is 41.5 Å². The number of carbonyl (C=O) groups excluding carboxylic acids is 1. The predicted octanol–water partition coefficient (Wildman–Crippen LogP) is 1.29. The summed E-state index contributed by atoms with van der Waals surface area (Å²) >= 11 is 0. The van der Waals surface area contributed by atoms with Crippen molar-refractivity contribution in [2.24, 2.45) is 12.0 Å². The van der Waals surface area contributed by atoms with E-state index in [0.717, 1.165) is 36.7 Å². The Morgan fingerprint density at radius 2 is 2.19 bits per heavy atom. The lowest BCUT2D eigenvalue weighted by Crippen LogP contribution is -2.55. The average molecular weight is 483 g/mol. The van der Waals surface area contributed by atoms with Crippen LogP contribution in [-0.4, -0.2) is 64.3 Å². The molecule has 1 fully saturated rings. The molecule has 3 heterocycles. The number of halogens is 1. The van der Waals surface area contributed by atoms with Crippen molar-refractivity contribution in [2.45, 2.75) is 13.3 Å². The Hall–Kier alpha value is -2.17. The number of aromatic nitrogens is 3. The summed E-state index contributed by atoms with van der Waals surface area (Å²) in [6.07, 6.45) is 8.04. The van der Waals surface area contributed by atoms with E-state index >= 15 is 0 Å². The van der Waals surface area contributed by atoms with E-state index in [1.165, 1.54) is 0 Å². The highest BCUT2D eigenvalue weighted by Gasteiger charge is 2.27. The molecule has 0 saturated carbocycles. The summed E-state index contributed by atoms with van der Waals surface area (Å²) < 4.78 is 1.71. The minimum Gasteiger partial charge on any atom is -0.357 e. The molecule has 1 amide bonds. The van der Waals surface area contributed by atoms with Crippen LogP contribution in [0.3, 0.4) is 0 Å². The molecule has 1 N–H and O–H groups in total. The van der Waals surface area contributed by atoms with Gasteiger partial charge in [0.05, 0.1) is 11.9 Å². The van der Waals surface area contributed by atoms with E-state index in [-0.39, 0.29) is 29.9 Å². The van der Waals surface area contributed by atoms with Gasteiger partial charge in [0, 0.05) is 51.8 Å². The van der Waals surface area contributed by atoms with Gasteiger partial charge in [0.2, 0.25) is 5.91 Å². The lowest BCUT2D eigenvalue weighted by Gasteiger charge is -2.35. The zero-order chi connectivity index (χ0) is 18.4. The Balaban J connectivity index is 0.00000261. The number of piperazine rings is 1. The molecule has 0 bridgehead atoms. The number of nitrogens with one attached hydrogen (secondary N) is 1. The van der Waals surface area contributed by atoms with E-state index in [9.17, 15) is 4.79 Å². The van der Waals surface area contributed by atoms with Gasteiger partial charge in [0.25, 0.3) is 0 Å². The Labute approximate surface area is 176 Å². The molecule has 0 unspecified atom stereocenters. The van der Waals surface area contributed by atoms with Crippen LogP contribution in [0.25, 0.3) is 0 Å². The summed E-state index contributed by atoms with van der Waals surface area (Å²) in [4.78, 5) is 25.2. The lowest BCUT2D eigenvalue weighted by molar-refractivity contribution is -0.120. The lowest BCUT2D eigenvalue weighted by atomic mass is 10.2. The number of amides is 1. The minimum atomic E-state index is 0. The molecule has 27 heavy (non-hydrogen) atoms. The molecule has 0 aromatic carbocycles. The number of guanidine groups is 1. The molecule has 0 radical (unpaired) electrons. The third-order valence-electron chi connectivity index (χ3n) is 4.24. The average Bonchev–Trinajstić information content (AvgIpc) is 3.08. The maximum absolute atomic E-state index is 12.6. The van der Waals surface area contributed by atoms with Gasteiger partial charge in [-0.05, 0) is 25.0 Å². The quantitative estimate of drug-likeness (QED) is 0.394. The topological polar surface area (TPSA) is 78.7 Å². The van der Waals surface area contributed by atoms with Crippen LogP contribution in [0.1, 0.15) is 12.5 Å². The second-order valence-electron chi connectivity index (χ2n) is 6.19. The predicted molar refractivity (Wildman–Crippen MR) is 116 cm³/mol. The van der Waals surface area contributed by atoms with Gasteiger partial charge in [-0.25, -0.2) is 0 Å². The molecule has 2 aromatic rings. The molecule has 3 rings (SSSR count). The van der Waals surface area contributed by atoms with E-state index in [4.69, 9.17) is 0 Å². The van der Waals surface area contributed by atoms with E-state index in [2.05, 4.69) is 20.4 Å². The minimum absolute atomic E-state index is 0. The molecule has 0 aliphatic carbocycles. The zero-order valence-electron chi connectivity index (χ0n) is 15.7. The van der Waals surface area contributed by atoms with Crippen LogP contribution >= 0.6 is 24.0 Å². The van der Waals surface area contributed by atoms with E-state index < -0.39 is 0 Å². The molecule has 8 nitrogen and oxygen atoms in total. The van der Waals surface area contributed by atoms with Crippen LogP contribution in [0.4, 0.5) is 5.69 Å². The standard InChI is InChI=1S/C18H25N7O.HI/c1-3-20-18(21-8-6-15-5-4-7-19-11-15)24-9-10-25(17(26)14-24)16-12-22-23(2)13-16;/h4-5,7,11-13H,3,6,8-10,14H2,1-2H3,(H,20,21);1H. The van der Waals surface area contributed by atoms with Gasteiger partial charge in [-0.2, -0.15) is 5.10 Å². The first kappa shape index (κ1) is 21.1. The molecule has 1 saturated heterocycles. The van der Waals surface area contributed by atoms with Crippen LogP contribution in [0, 0.1) is 0 Å². The largest absolute Gasteiger partial charge is 0.357 e. The second kappa shape index (κ2) is 10.2. The van der Waals surface area contributed by atoms with Gasteiger partial charge in [-0.3, -0.25) is 19.5 Å². The first-order chi connectivity index (χ1) is 12.7. The Morgan fingerprint density at radius 1 is 1.33 bits per heavy atom. The Kier molecular flexibility index (Phi) is 8.01. The first-order valence-corrected chi connectivity index (χ1v) is 8.88. The van der Waals surface area contributed by atoms with Crippen LogP contribution < -0.4 is 10.2 Å². The number of aryl methyl sites for hydroxylation is 1. The normalized spacial score (nSPS) is 14.9. The van der Waals surface area contributed by atoms with Crippen molar-refractivity contribution in [2.75, 3.05) is 37.6 Å². The van der Waals surface area contributed by atoms with Crippen molar-refractivity contribution < 1.29 is 4.79 Å². The van der Waals surface area contributed by atoms with Crippen LogP contribution in [0.5, 0.6) is 0 Å². The van der Waals surface area contributed by atoms with Gasteiger partial charge in [0.1, 0.15) is 6.54 Å². The fraction of sp³-hybridized carbons (Fsp3) is 0.444. The van der Waals surface area contributed by atoms with Crippen LogP contribution in [0.2, 0.25) is 0 Å². The van der Waals surface area contributed by atoms with E-state index in [1.807, 2.05) is 43.4 Å². The molecular formula is C18H26IN7O. The highest BCUT2D eigenvalue weighted by atomic mass is 127. The first-order valence-electron chi connectivity index (χ1n) is 8.88. The smallest absolute Gasteiger partial charge is 0.246 e. The molecule has 9 heteroatoms. The molecule has 0 atom stereocenters. The van der Waals surface area contributed by atoms with Gasteiger partial charge in [-0.15, -0.1) is 24.0 Å². The summed E-state index contributed by atoms with van der Waals surface area (Å²) in [5.74, 6) is 0.845. The Bertz CT molecular complexity index is 762.